The number of carbonyl (C=O) groups excluding carboxylic acids is 1. The van der Waals surface area contributed by atoms with Crippen molar-refractivity contribution in [1.82, 2.24) is 4.90 Å². The Morgan fingerprint density at radius 2 is 1.89 bits per heavy atom. The van der Waals surface area contributed by atoms with Crippen LogP contribution in [0.4, 0.5) is 0 Å². The molecule has 0 aromatic heterocycles. The summed E-state index contributed by atoms with van der Waals surface area (Å²) in [4.78, 5) is 14.3. The molecule has 0 aromatic rings. The molecule has 1 aliphatic carbocycles. The molecule has 2 atom stereocenters. The highest BCUT2D eigenvalue weighted by atomic mass is 16.3. The van der Waals surface area contributed by atoms with Crippen LogP contribution in [0.2, 0.25) is 0 Å². The highest BCUT2D eigenvalue weighted by molar-refractivity contribution is 5.79. The van der Waals surface area contributed by atoms with Crippen molar-refractivity contribution in [2.24, 2.45) is 17.8 Å². The zero-order chi connectivity index (χ0) is 13.1. The van der Waals surface area contributed by atoms with Crippen molar-refractivity contribution >= 4 is 5.91 Å². The van der Waals surface area contributed by atoms with Crippen molar-refractivity contribution in [2.45, 2.75) is 58.5 Å². The van der Waals surface area contributed by atoms with Gasteiger partial charge < -0.3 is 10.0 Å². The highest BCUT2D eigenvalue weighted by Crippen LogP contribution is 2.32. The lowest BCUT2D eigenvalue weighted by Crippen LogP contribution is -2.48. The van der Waals surface area contributed by atoms with Gasteiger partial charge in [0.2, 0.25) is 5.91 Å². The lowest BCUT2D eigenvalue weighted by molar-refractivity contribution is -0.141. The standard InChI is InChI=1S/C15H27NO2/c1-3-12-4-6-13(7-5-12)15(18)16-9-8-11(2)14(17)10-16/h11-14,17H,3-10H2,1-2H3/t11-,12?,13?,14-/m0/s1. The number of β-amino-alcohol motifs (C(OH)–C–C–N with tert-alkyl or cyclic N) is 1. The van der Waals surface area contributed by atoms with Gasteiger partial charge in [0.1, 0.15) is 0 Å². The molecule has 3 nitrogen and oxygen atoms in total. The van der Waals surface area contributed by atoms with Gasteiger partial charge in [-0.2, -0.15) is 0 Å². The number of likely N-dealkylation sites (tertiary alicyclic amines) is 1. The van der Waals surface area contributed by atoms with E-state index in [1.807, 2.05) is 4.90 Å². The van der Waals surface area contributed by atoms with Gasteiger partial charge in [-0.1, -0.05) is 20.3 Å². The minimum Gasteiger partial charge on any atom is -0.391 e. The summed E-state index contributed by atoms with van der Waals surface area (Å²) in [7, 11) is 0. The van der Waals surface area contributed by atoms with Crippen LogP contribution < -0.4 is 0 Å². The molecule has 0 radical (unpaired) electrons. The first kappa shape index (κ1) is 13.9. The molecule has 2 aliphatic rings. The van der Waals surface area contributed by atoms with E-state index in [1.165, 1.54) is 19.3 Å². The summed E-state index contributed by atoms with van der Waals surface area (Å²) in [6.45, 7) is 5.70. The van der Waals surface area contributed by atoms with Gasteiger partial charge in [0.25, 0.3) is 0 Å². The third-order valence-electron chi connectivity index (χ3n) is 5.00. The number of piperidine rings is 1. The van der Waals surface area contributed by atoms with E-state index in [0.717, 1.165) is 31.7 Å². The normalized spacial score (nSPS) is 37.6. The van der Waals surface area contributed by atoms with Crippen LogP contribution in [0.3, 0.4) is 0 Å². The number of rotatable bonds is 2. The van der Waals surface area contributed by atoms with Gasteiger partial charge >= 0.3 is 0 Å². The zero-order valence-corrected chi connectivity index (χ0v) is 11.8. The topological polar surface area (TPSA) is 40.5 Å². The van der Waals surface area contributed by atoms with Crippen LogP contribution in [0.5, 0.6) is 0 Å². The van der Waals surface area contributed by atoms with Crippen molar-refractivity contribution in [1.29, 1.82) is 0 Å². The van der Waals surface area contributed by atoms with Crippen LogP contribution in [-0.2, 0) is 4.79 Å². The molecule has 18 heavy (non-hydrogen) atoms. The fraction of sp³-hybridized carbons (Fsp3) is 0.933. The fourth-order valence-electron chi connectivity index (χ4n) is 3.32. The molecule has 0 bridgehead atoms. The Balaban J connectivity index is 1.84. The van der Waals surface area contributed by atoms with E-state index in [4.69, 9.17) is 0 Å². The molecule has 104 valence electrons. The van der Waals surface area contributed by atoms with E-state index in [-0.39, 0.29) is 12.0 Å². The molecule has 3 heteroatoms. The maximum Gasteiger partial charge on any atom is 0.225 e. The van der Waals surface area contributed by atoms with Crippen molar-refractivity contribution in [3.63, 3.8) is 0 Å². The van der Waals surface area contributed by atoms with Gasteiger partial charge in [-0.15, -0.1) is 0 Å². The van der Waals surface area contributed by atoms with E-state index < -0.39 is 0 Å². The molecule has 1 aliphatic heterocycles. The Kier molecular flexibility index (Phi) is 4.66. The summed E-state index contributed by atoms with van der Waals surface area (Å²) in [5, 5.41) is 9.88. The van der Waals surface area contributed by atoms with Gasteiger partial charge in [-0.05, 0) is 43.9 Å². The van der Waals surface area contributed by atoms with E-state index in [0.29, 0.717) is 18.4 Å². The summed E-state index contributed by atoms with van der Waals surface area (Å²) >= 11 is 0. The summed E-state index contributed by atoms with van der Waals surface area (Å²) in [5.41, 5.74) is 0. The van der Waals surface area contributed by atoms with E-state index in [1.54, 1.807) is 0 Å². The number of aliphatic hydroxyl groups excluding tert-OH is 1. The smallest absolute Gasteiger partial charge is 0.225 e. The van der Waals surface area contributed by atoms with E-state index in [9.17, 15) is 9.90 Å². The predicted molar refractivity (Wildman–Crippen MR) is 72.1 cm³/mol. The molecule has 0 unspecified atom stereocenters. The second-order valence-electron chi connectivity index (χ2n) is 6.24. The molecule has 2 rings (SSSR count). The summed E-state index contributed by atoms with van der Waals surface area (Å²) in [6.07, 6.45) is 6.39. The maximum atomic E-state index is 12.4. The van der Waals surface area contributed by atoms with Crippen LogP contribution in [0, 0.1) is 17.8 Å². The Labute approximate surface area is 111 Å². The Morgan fingerprint density at radius 1 is 1.22 bits per heavy atom. The molecule has 0 aromatic carbocycles. The number of aliphatic hydroxyl groups is 1. The van der Waals surface area contributed by atoms with Crippen LogP contribution in [-0.4, -0.2) is 35.1 Å². The van der Waals surface area contributed by atoms with Gasteiger partial charge in [-0.25, -0.2) is 0 Å². The number of hydrogen-bond acceptors (Lipinski definition) is 2. The molecule has 1 N–H and O–H groups in total. The average molecular weight is 253 g/mol. The first-order valence-corrected chi connectivity index (χ1v) is 7.58. The predicted octanol–water partition coefficient (Wildman–Crippen LogP) is 2.43. The zero-order valence-electron chi connectivity index (χ0n) is 11.8. The number of amides is 1. The molecule has 2 fully saturated rings. The largest absolute Gasteiger partial charge is 0.391 e. The fourth-order valence-corrected chi connectivity index (χ4v) is 3.32. The Bertz CT molecular complexity index is 284. The van der Waals surface area contributed by atoms with Crippen molar-refractivity contribution in [3.8, 4) is 0 Å². The van der Waals surface area contributed by atoms with Gasteiger partial charge in [0.15, 0.2) is 0 Å². The lowest BCUT2D eigenvalue weighted by Gasteiger charge is -2.37. The van der Waals surface area contributed by atoms with Crippen LogP contribution in [0.25, 0.3) is 0 Å². The molecule has 1 saturated heterocycles. The Morgan fingerprint density at radius 3 is 2.44 bits per heavy atom. The summed E-state index contributed by atoms with van der Waals surface area (Å²) in [5.74, 6) is 1.70. The first-order chi connectivity index (χ1) is 8.61. The molecule has 1 amide bonds. The third-order valence-corrected chi connectivity index (χ3v) is 5.00. The molecular formula is C15H27NO2. The lowest BCUT2D eigenvalue weighted by atomic mass is 9.80. The van der Waals surface area contributed by atoms with Gasteiger partial charge in [0, 0.05) is 19.0 Å². The van der Waals surface area contributed by atoms with Crippen molar-refractivity contribution < 1.29 is 9.90 Å². The minimum absolute atomic E-state index is 0.230. The monoisotopic (exact) mass is 253 g/mol. The van der Waals surface area contributed by atoms with Gasteiger partial charge in [0.05, 0.1) is 6.10 Å². The second-order valence-corrected chi connectivity index (χ2v) is 6.24. The molecule has 1 heterocycles. The van der Waals surface area contributed by atoms with Crippen LogP contribution in [0.1, 0.15) is 52.4 Å². The van der Waals surface area contributed by atoms with Crippen molar-refractivity contribution in [2.75, 3.05) is 13.1 Å². The summed E-state index contributed by atoms with van der Waals surface area (Å²) in [6, 6.07) is 0. The van der Waals surface area contributed by atoms with Crippen LogP contribution in [0.15, 0.2) is 0 Å². The highest BCUT2D eigenvalue weighted by Gasteiger charge is 2.33. The maximum absolute atomic E-state index is 12.4. The summed E-state index contributed by atoms with van der Waals surface area (Å²) < 4.78 is 0. The van der Waals surface area contributed by atoms with E-state index >= 15 is 0 Å². The number of carbonyl (C=O) groups is 1. The van der Waals surface area contributed by atoms with Crippen molar-refractivity contribution in [3.05, 3.63) is 0 Å². The molecule has 0 spiro atoms. The number of nitrogens with zero attached hydrogens (tertiary/aromatic N) is 1. The molecule has 1 saturated carbocycles. The third kappa shape index (κ3) is 3.05. The Hall–Kier alpha value is -0.570. The van der Waals surface area contributed by atoms with Gasteiger partial charge in [-0.3, -0.25) is 4.79 Å². The minimum atomic E-state index is -0.324. The average Bonchev–Trinajstić information content (AvgIpc) is 2.41. The quantitative estimate of drug-likeness (QED) is 0.821. The number of hydrogen-bond donors (Lipinski definition) is 1. The van der Waals surface area contributed by atoms with E-state index in [2.05, 4.69) is 13.8 Å². The second kappa shape index (κ2) is 6.05. The SMILES string of the molecule is CCC1CCC(C(=O)N2CC[C@H](C)[C@@H](O)C2)CC1. The first-order valence-electron chi connectivity index (χ1n) is 7.58. The van der Waals surface area contributed by atoms with Crippen LogP contribution >= 0.6 is 0 Å². The molecular weight excluding hydrogens is 226 g/mol.